The number of hydrogen-bond donors (Lipinski definition) is 1. The van der Waals surface area contributed by atoms with Crippen molar-refractivity contribution in [3.05, 3.63) is 52.0 Å². The molecule has 152 valence electrons. The van der Waals surface area contributed by atoms with Gasteiger partial charge in [-0.05, 0) is 25.0 Å². The second-order valence-electron chi connectivity index (χ2n) is 6.53. The number of aldehydes is 1. The van der Waals surface area contributed by atoms with E-state index in [1.807, 2.05) is 0 Å². The van der Waals surface area contributed by atoms with Crippen LogP contribution < -0.4 is 5.32 Å². The Balaban J connectivity index is 2.05. The highest BCUT2D eigenvalue weighted by Gasteiger charge is 2.28. The summed E-state index contributed by atoms with van der Waals surface area (Å²) in [5.41, 5.74) is 1.83. The number of aryl methyl sites for hydroxylation is 1. The maximum absolute atomic E-state index is 13.3. The molecule has 6 nitrogen and oxygen atoms in total. The highest BCUT2D eigenvalue weighted by Crippen LogP contribution is 2.34. The van der Waals surface area contributed by atoms with Crippen molar-refractivity contribution < 1.29 is 23.0 Å². The zero-order valence-electron chi connectivity index (χ0n) is 16.1. The van der Waals surface area contributed by atoms with Crippen LogP contribution in [0, 0.1) is 26.2 Å². The van der Waals surface area contributed by atoms with Crippen LogP contribution in [0.3, 0.4) is 0 Å². The molecule has 0 bridgehead atoms. The molecule has 0 radical (unpaired) electrons. The van der Waals surface area contributed by atoms with Crippen LogP contribution in [0.25, 0.3) is 0 Å². The second kappa shape index (κ2) is 9.07. The highest BCUT2D eigenvalue weighted by atomic mass is 19.3. The van der Waals surface area contributed by atoms with Gasteiger partial charge in [0, 0.05) is 12.0 Å². The molecule has 0 aliphatic carbocycles. The maximum Gasteiger partial charge on any atom is 0.264 e. The first-order chi connectivity index (χ1) is 14.0. The van der Waals surface area contributed by atoms with Crippen molar-refractivity contribution in [2.24, 2.45) is 0 Å². The molecule has 1 saturated heterocycles. The van der Waals surface area contributed by atoms with Gasteiger partial charge in [0.25, 0.3) is 6.43 Å². The van der Waals surface area contributed by atoms with E-state index in [0.717, 1.165) is 6.29 Å². The Hall–Kier alpha value is -2.89. The van der Waals surface area contributed by atoms with Crippen molar-refractivity contribution >= 4 is 12.1 Å². The minimum Gasteiger partial charge on any atom is -0.352 e. The Morgan fingerprint density at radius 3 is 2.59 bits per heavy atom. The van der Waals surface area contributed by atoms with Crippen molar-refractivity contribution in [3.8, 4) is 12.3 Å². The zero-order chi connectivity index (χ0) is 21.0. The lowest BCUT2D eigenvalue weighted by Crippen LogP contribution is -2.18. The van der Waals surface area contributed by atoms with E-state index in [1.54, 1.807) is 26.0 Å². The number of carbonyl (C=O) groups is 1. The van der Waals surface area contributed by atoms with Crippen LogP contribution >= 0.6 is 0 Å². The van der Waals surface area contributed by atoms with Crippen LogP contribution in [0.2, 0.25) is 0 Å². The molecule has 1 atom stereocenters. The van der Waals surface area contributed by atoms with Crippen molar-refractivity contribution in [2.45, 2.75) is 39.0 Å². The minimum atomic E-state index is -2.61. The fourth-order valence-electron chi connectivity index (χ4n) is 3.32. The van der Waals surface area contributed by atoms with Gasteiger partial charge >= 0.3 is 0 Å². The summed E-state index contributed by atoms with van der Waals surface area (Å²) in [6, 6.07) is 3.89. The number of carbonyl (C=O) groups excluding carboxylic acids is 1. The molecule has 0 amide bonds. The van der Waals surface area contributed by atoms with Crippen LogP contribution in [0.4, 0.5) is 14.6 Å². The molecule has 1 fully saturated rings. The molecule has 2 aromatic rings. The number of aromatic nitrogens is 2. The first-order valence-electron chi connectivity index (χ1n) is 9.10. The van der Waals surface area contributed by atoms with Crippen LogP contribution in [-0.2, 0) is 20.7 Å². The summed E-state index contributed by atoms with van der Waals surface area (Å²) in [5, 5.41) is 3.13. The molecular formula is C21H21F2N3O3. The summed E-state index contributed by atoms with van der Waals surface area (Å²) in [7, 11) is 0. The van der Waals surface area contributed by atoms with E-state index in [1.165, 1.54) is 6.07 Å². The maximum atomic E-state index is 13.3. The van der Waals surface area contributed by atoms with Gasteiger partial charge in [0.15, 0.2) is 6.29 Å². The summed E-state index contributed by atoms with van der Waals surface area (Å²) >= 11 is 0. The molecule has 1 unspecified atom stereocenters. The number of alkyl halides is 2. The number of terminal acetylenes is 1. The highest BCUT2D eigenvalue weighted by molar-refractivity contribution is 5.59. The quantitative estimate of drug-likeness (QED) is 0.565. The van der Waals surface area contributed by atoms with Gasteiger partial charge in [-0.2, -0.15) is 0 Å². The first kappa shape index (κ1) is 20.8. The SMILES string of the molecule is C#CC(Nc1nc(C)nc(CC=O)c1C1OCCO1)c1cccc(C(F)F)c1C. The van der Waals surface area contributed by atoms with Gasteiger partial charge in [-0.3, -0.25) is 0 Å². The van der Waals surface area contributed by atoms with Crippen molar-refractivity contribution in [2.75, 3.05) is 18.5 Å². The largest absolute Gasteiger partial charge is 0.352 e. The predicted molar refractivity (Wildman–Crippen MR) is 103 cm³/mol. The number of anilines is 1. The number of ether oxygens (including phenoxy) is 2. The molecule has 1 aromatic carbocycles. The number of benzene rings is 1. The average molecular weight is 401 g/mol. The molecule has 29 heavy (non-hydrogen) atoms. The lowest BCUT2D eigenvalue weighted by atomic mass is 9.97. The van der Waals surface area contributed by atoms with Crippen LogP contribution in [0.5, 0.6) is 0 Å². The van der Waals surface area contributed by atoms with Crippen LogP contribution in [0.1, 0.15) is 52.5 Å². The fraction of sp³-hybridized carbons (Fsp3) is 0.381. The Labute approximate surface area is 167 Å². The van der Waals surface area contributed by atoms with Gasteiger partial charge in [-0.15, -0.1) is 6.42 Å². The molecular weight excluding hydrogens is 380 g/mol. The average Bonchev–Trinajstić information content (AvgIpc) is 3.20. The minimum absolute atomic E-state index is 0.0528. The third-order valence-electron chi connectivity index (χ3n) is 4.68. The van der Waals surface area contributed by atoms with Gasteiger partial charge in [0.1, 0.15) is 24.0 Å². The number of rotatable bonds is 7. The molecule has 1 aliphatic heterocycles. The number of hydrogen-bond acceptors (Lipinski definition) is 6. The van der Waals surface area contributed by atoms with Crippen LogP contribution in [-0.4, -0.2) is 29.5 Å². The Morgan fingerprint density at radius 2 is 1.97 bits per heavy atom. The summed E-state index contributed by atoms with van der Waals surface area (Å²) in [6.07, 6.45) is 3.17. The lowest BCUT2D eigenvalue weighted by molar-refractivity contribution is -0.107. The molecule has 2 heterocycles. The normalized spacial score (nSPS) is 15.3. The number of nitrogens with one attached hydrogen (secondary N) is 1. The molecule has 1 aromatic heterocycles. The monoisotopic (exact) mass is 401 g/mol. The third-order valence-corrected chi connectivity index (χ3v) is 4.68. The number of halogens is 2. The smallest absolute Gasteiger partial charge is 0.264 e. The van der Waals surface area contributed by atoms with Crippen molar-refractivity contribution in [1.29, 1.82) is 0 Å². The van der Waals surface area contributed by atoms with E-state index < -0.39 is 18.8 Å². The standard InChI is InChI=1S/C21H21F2N3O3/c1-4-16(14-6-5-7-15(12(14)2)19(22)23)26-20-18(21-28-10-11-29-21)17(8-9-27)24-13(3)25-20/h1,5-7,9,16,19,21H,8,10-11H2,2-3H3,(H,24,25,26). The molecule has 0 spiro atoms. The fourth-order valence-corrected chi connectivity index (χ4v) is 3.32. The van der Waals surface area contributed by atoms with E-state index in [-0.39, 0.29) is 12.0 Å². The summed E-state index contributed by atoms with van der Waals surface area (Å²) < 4.78 is 37.8. The van der Waals surface area contributed by atoms with E-state index in [2.05, 4.69) is 21.2 Å². The zero-order valence-corrected chi connectivity index (χ0v) is 16.1. The van der Waals surface area contributed by atoms with E-state index in [4.69, 9.17) is 15.9 Å². The summed E-state index contributed by atoms with van der Waals surface area (Å²) in [4.78, 5) is 19.9. The van der Waals surface area contributed by atoms with E-state index in [9.17, 15) is 13.6 Å². The second-order valence-corrected chi connectivity index (χ2v) is 6.53. The molecule has 8 heteroatoms. The Morgan fingerprint density at radius 1 is 1.28 bits per heavy atom. The molecule has 0 saturated carbocycles. The summed E-state index contributed by atoms with van der Waals surface area (Å²) in [5.74, 6) is 3.38. The summed E-state index contributed by atoms with van der Waals surface area (Å²) in [6.45, 7) is 4.09. The Kier molecular flexibility index (Phi) is 6.52. The topological polar surface area (TPSA) is 73.3 Å². The molecule has 1 N–H and O–H groups in total. The predicted octanol–water partition coefficient (Wildman–Crippen LogP) is 3.60. The third kappa shape index (κ3) is 4.42. The van der Waals surface area contributed by atoms with Crippen LogP contribution in [0.15, 0.2) is 18.2 Å². The number of nitrogens with zero attached hydrogens (tertiary/aromatic N) is 2. The molecule has 3 rings (SSSR count). The van der Waals surface area contributed by atoms with Gasteiger partial charge in [0.2, 0.25) is 0 Å². The first-order valence-corrected chi connectivity index (χ1v) is 9.10. The van der Waals surface area contributed by atoms with E-state index >= 15 is 0 Å². The molecule has 1 aliphatic rings. The Bertz CT molecular complexity index is 937. The van der Waals surface area contributed by atoms with Gasteiger partial charge in [0.05, 0.1) is 24.5 Å². The van der Waals surface area contributed by atoms with Gasteiger partial charge in [-0.25, -0.2) is 18.7 Å². The van der Waals surface area contributed by atoms with Gasteiger partial charge in [-0.1, -0.05) is 24.1 Å². The van der Waals surface area contributed by atoms with Gasteiger partial charge < -0.3 is 19.6 Å². The van der Waals surface area contributed by atoms with E-state index in [0.29, 0.717) is 47.2 Å². The van der Waals surface area contributed by atoms with Crippen molar-refractivity contribution in [1.82, 2.24) is 9.97 Å². The lowest BCUT2D eigenvalue weighted by Gasteiger charge is -2.23. The van der Waals surface area contributed by atoms with Crippen molar-refractivity contribution in [3.63, 3.8) is 0 Å².